The van der Waals surface area contributed by atoms with Crippen molar-refractivity contribution in [1.82, 2.24) is 9.55 Å². The fourth-order valence-corrected chi connectivity index (χ4v) is 1.32. The van der Waals surface area contributed by atoms with Crippen LogP contribution in [0.1, 0.15) is 6.92 Å². The molecule has 0 amide bonds. The van der Waals surface area contributed by atoms with Crippen LogP contribution in [0, 0.1) is 4.77 Å². The van der Waals surface area contributed by atoms with Crippen LogP contribution >= 0.6 is 12.2 Å². The summed E-state index contributed by atoms with van der Waals surface area (Å²) in [5.74, 6) is -1.03. The van der Waals surface area contributed by atoms with Crippen LogP contribution in [0.15, 0.2) is 11.0 Å². The molecule has 0 spiro atoms. The Hall–Kier alpha value is -1.63. The molecule has 0 aliphatic rings. The summed E-state index contributed by atoms with van der Waals surface area (Å²) in [5, 5.41) is 10.9. The molecule has 1 aromatic rings. The van der Waals surface area contributed by atoms with Crippen LogP contribution in [-0.4, -0.2) is 27.2 Å². The second-order valence-electron chi connectivity index (χ2n) is 2.84. The SMILES string of the molecule is CCn1cc(NCC(=O)O)c(=O)[nH]c1=S. The molecule has 0 saturated carbocycles. The quantitative estimate of drug-likeness (QED) is 0.651. The number of nitrogens with one attached hydrogen (secondary N) is 2. The molecule has 0 radical (unpaired) electrons. The van der Waals surface area contributed by atoms with Gasteiger partial charge in [-0.15, -0.1) is 0 Å². The number of aromatic amines is 1. The van der Waals surface area contributed by atoms with Crippen LogP contribution in [0.25, 0.3) is 0 Å². The van der Waals surface area contributed by atoms with Crippen LogP contribution in [0.4, 0.5) is 5.69 Å². The number of rotatable bonds is 4. The molecule has 3 N–H and O–H groups in total. The van der Waals surface area contributed by atoms with Gasteiger partial charge < -0.3 is 15.0 Å². The standard InChI is InChI=1S/C8H11N3O3S/c1-2-11-4-5(9-3-6(12)13)7(14)10-8(11)15/h4,9H,2-3H2,1H3,(H,12,13)(H,10,14,15). The van der Waals surface area contributed by atoms with Gasteiger partial charge in [0.25, 0.3) is 5.56 Å². The molecule has 0 bridgehead atoms. The van der Waals surface area contributed by atoms with Crippen LogP contribution < -0.4 is 10.9 Å². The lowest BCUT2D eigenvalue weighted by Crippen LogP contribution is -2.21. The summed E-state index contributed by atoms with van der Waals surface area (Å²) in [6, 6.07) is 0. The van der Waals surface area contributed by atoms with Gasteiger partial charge in [-0.05, 0) is 19.1 Å². The van der Waals surface area contributed by atoms with Gasteiger partial charge in [-0.1, -0.05) is 0 Å². The molecule has 0 unspecified atom stereocenters. The van der Waals surface area contributed by atoms with E-state index in [0.717, 1.165) is 0 Å². The number of hydrogen-bond acceptors (Lipinski definition) is 4. The summed E-state index contributed by atoms with van der Waals surface area (Å²) >= 11 is 4.90. The Morgan fingerprint density at radius 2 is 2.40 bits per heavy atom. The third kappa shape index (κ3) is 2.91. The van der Waals surface area contributed by atoms with Crippen molar-refractivity contribution in [2.24, 2.45) is 0 Å². The first-order valence-electron chi connectivity index (χ1n) is 4.34. The van der Waals surface area contributed by atoms with Crippen molar-refractivity contribution in [3.8, 4) is 0 Å². The number of hydrogen-bond donors (Lipinski definition) is 3. The van der Waals surface area contributed by atoms with Crippen molar-refractivity contribution in [2.45, 2.75) is 13.5 Å². The summed E-state index contributed by atoms with van der Waals surface area (Å²) in [4.78, 5) is 24.1. The number of anilines is 1. The zero-order valence-electron chi connectivity index (χ0n) is 8.11. The third-order valence-corrected chi connectivity index (χ3v) is 2.12. The smallest absolute Gasteiger partial charge is 0.322 e. The van der Waals surface area contributed by atoms with Crippen molar-refractivity contribution >= 4 is 23.9 Å². The summed E-state index contributed by atoms with van der Waals surface area (Å²) in [6.07, 6.45) is 1.50. The molecular weight excluding hydrogens is 218 g/mol. The monoisotopic (exact) mass is 229 g/mol. The largest absolute Gasteiger partial charge is 0.480 e. The number of H-pyrrole nitrogens is 1. The summed E-state index contributed by atoms with van der Waals surface area (Å²) in [5.41, 5.74) is -0.209. The minimum atomic E-state index is -1.03. The molecule has 0 aliphatic heterocycles. The number of carboxylic acids is 1. The lowest BCUT2D eigenvalue weighted by molar-refractivity contribution is -0.134. The van der Waals surface area contributed by atoms with E-state index < -0.39 is 11.5 Å². The molecule has 6 nitrogen and oxygen atoms in total. The van der Waals surface area contributed by atoms with Gasteiger partial charge in [-0.2, -0.15) is 0 Å². The molecule has 15 heavy (non-hydrogen) atoms. The average Bonchev–Trinajstić information content (AvgIpc) is 2.16. The van der Waals surface area contributed by atoms with E-state index >= 15 is 0 Å². The normalized spacial score (nSPS) is 9.93. The van der Waals surface area contributed by atoms with E-state index in [-0.39, 0.29) is 12.2 Å². The highest BCUT2D eigenvalue weighted by Gasteiger charge is 2.03. The highest BCUT2D eigenvalue weighted by atomic mass is 32.1. The number of carbonyl (C=O) groups is 1. The maximum atomic E-state index is 11.3. The number of carboxylic acid groups (broad SMARTS) is 1. The maximum Gasteiger partial charge on any atom is 0.322 e. The molecule has 0 saturated heterocycles. The Kier molecular flexibility index (Phi) is 3.62. The van der Waals surface area contributed by atoms with E-state index in [1.165, 1.54) is 6.20 Å². The van der Waals surface area contributed by atoms with Gasteiger partial charge in [0, 0.05) is 12.7 Å². The van der Waals surface area contributed by atoms with Crippen molar-refractivity contribution in [3.05, 3.63) is 21.3 Å². The molecule has 1 rings (SSSR count). The second-order valence-corrected chi connectivity index (χ2v) is 3.22. The Morgan fingerprint density at radius 1 is 1.73 bits per heavy atom. The fourth-order valence-electron chi connectivity index (χ4n) is 1.04. The molecule has 0 aliphatic carbocycles. The van der Waals surface area contributed by atoms with Crippen LogP contribution in [0.3, 0.4) is 0 Å². The average molecular weight is 229 g/mol. The lowest BCUT2D eigenvalue weighted by Gasteiger charge is -2.06. The van der Waals surface area contributed by atoms with Crippen LogP contribution in [0.5, 0.6) is 0 Å². The number of nitrogens with zero attached hydrogens (tertiary/aromatic N) is 1. The molecular formula is C8H11N3O3S. The summed E-state index contributed by atoms with van der Waals surface area (Å²) in [6.45, 7) is 2.18. The van der Waals surface area contributed by atoms with Crippen molar-refractivity contribution < 1.29 is 9.90 Å². The van der Waals surface area contributed by atoms with Crippen LogP contribution in [0.2, 0.25) is 0 Å². The van der Waals surface area contributed by atoms with E-state index in [2.05, 4.69) is 10.3 Å². The number of aryl methyl sites for hydroxylation is 1. The van der Waals surface area contributed by atoms with Crippen molar-refractivity contribution in [3.63, 3.8) is 0 Å². The predicted octanol–water partition coefficient (Wildman–Crippen LogP) is 0.422. The highest BCUT2D eigenvalue weighted by molar-refractivity contribution is 7.71. The summed E-state index contributed by atoms with van der Waals surface area (Å²) in [7, 11) is 0. The van der Waals surface area contributed by atoms with E-state index in [9.17, 15) is 9.59 Å². The molecule has 7 heteroatoms. The Morgan fingerprint density at radius 3 is 2.93 bits per heavy atom. The van der Waals surface area contributed by atoms with Gasteiger partial charge in [0.1, 0.15) is 12.2 Å². The summed E-state index contributed by atoms with van der Waals surface area (Å²) < 4.78 is 1.96. The predicted molar refractivity (Wildman–Crippen MR) is 57.7 cm³/mol. The van der Waals surface area contributed by atoms with Crippen molar-refractivity contribution in [2.75, 3.05) is 11.9 Å². The highest BCUT2D eigenvalue weighted by Crippen LogP contribution is 1.98. The molecule has 82 valence electrons. The maximum absolute atomic E-state index is 11.3. The number of aromatic nitrogens is 2. The Balaban J connectivity index is 3.03. The van der Waals surface area contributed by atoms with Gasteiger partial charge in [0.2, 0.25) is 0 Å². The Bertz CT molecular complexity index is 477. The first-order valence-corrected chi connectivity index (χ1v) is 4.75. The Labute approximate surface area is 90.6 Å². The van der Waals surface area contributed by atoms with E-state index in [4.69, 9.17) is 17.3 Å². The molecule has 0 fully saturated rings. The first-order chi connectivity index (χ1) is 7.04. The fraction of sp³-hybridized carbons (Fsp3) is 0.375. The van der Waals surface area contributed by atoms with E-state index in [1.807, 2.05) is 6.92 Å². The third-order valence-electron chi connectivity index (χ3n) is 1.78. The number of aliphatic carboxylic acids is 1. The van der Waals surface area contributed by atoms with Crippen LogP contribution in [-0.2, 0) is 11.3 Å². The molecule has 1 heterocycles. The molecule has 0 atom stereocenters. The molecule has 1 aromatic heterocycles. The first kappa shape index (κ1) is 11.4. The zero-order chi connectivity index (χ0) is 11.4. The van der Waals surface area contributed by atoms with Gasteiger partial charge in [-0.25, -0.2) is 0 Å². The van der Waals surface area contributed by atoms with E-state index in [0.29, 0.717) is 11.3 Å². The van der Waals surface area contributed by atoms with E-state index in [1.54, 1.807) is 4.57 Å². The second kappa shape index (κ2) is 4.74. The van der Waals surface area contributed by atoms with Gasteiger partial charge >= 0.3 is 5.97 Å². The molecule has 0 aromatic carbocycles. The minimum Gasteiger partial charge on any atom is -0.480 e. The lowest BCUT2D eigenvalue weighted by atomic mass is 10.5. The van der Waals surface area contributed by atoms with Gasteiger partial charge in [0.15, 0.2) is 4.77 Å². The zero-order valence-corrected chi connectivity index (χ0v) is 8.93. The minimum absolute atomic E-state index is 0.202. The van der Waals surface area contributed by atoms with Gasteiger partial charge in [0.05, 0.1) is 0 Å². The van der Waals surface area contributed by atoms with Gasteiger partial charge in [-0.3, -0.25) is 14.6 Å². The van der Waals surface area contributed by atoms with Crippen molar-refractivity contribution in [1.29, 1.82) is 0 Å². The topological polar surface area (TPSA) is 87.1 Å².